The maximum atomic E-state index is 12.5. The van der Waals surface area contributed by atoms with E-state index in [0.717, 1.165) is 51.7 Å². The van der Waals surface area contributed by atoms with E-state index in [1.165, 1.54) is 6.42 Å². The fourth-order valence-corrected chi connectivity index (χ4v) is 6.07. The first-order valence-electron chi connectivity index (χ1n) is 8.70. The molecular formula is C16H28N3O2+. The second kappa shape index (κ2) is 4.67. The molecule has 21 heavy (non-hydrogen) atoms. The van der Waals surface area contributed by atoms with Gasteiger partial charge < -0.3 is 4.90 Å². The minimum atomic E-state index is -0.194. The normalized spacial score (nSPS) is 49.5. The number of hydrogen-bond acceptors (Lipinski definition) is 3. The first-order valence-corrected chi connectivity index (χ1v) is 8.70. The lowest BCUT2D eigenvalue weighted by molar-refractivity contribution is -1.13. The van der Waals surface area contributed by atoms with Gasteiger partial charge in [-0.25, -0.2) is 5.21 Å². The van der Waals surface area contributed by atoms with Gasteiger partial charge in [0.1, 0.15) is 24.8 Å². The highest BCUT2D eigenvalue weighted by atomic mass is 16.5. The molecule has 118 valence electrons. The molecule has 0 aromatic heterocycles. The van der Waals surface area contributed by atoms with Crippen LogP contribution in [0.3, 0.4) is 0 Å². The zero-order chi connectivity index (χ0) is 14.7. The van der Waals surface area contributed by atoms with Crippen LogP contribution < -0.4 is 5.32 Å². The largest absolute Gasteiger partial charge is 0.323 e. The average Bonchev–Trinajstić information content (AvgIpc) is 2.48. The highest BCUT2D eigenvalue weighted by molar-refractivity contribution is 5.78. The van der Waals surface area contributed by atoms with Crippen LogP contribution in [0.4, 0.5) is 0 Å². The van der Waals surface area contributed by atoms with Crippen LogP contribution in [0, 0.1) is 11.8 Å². The van der Waals surface area contributed by atoms with Gasteiger partial charge in [-0.05, 0) is 32.7 Å². The van der Waals surface area contributed by atoms with Crippen molar-refractivity contribution in [1.82, 2.24) is 10.2 Å². The number of quaternary nitrogens is 1. The SMILES string of the molecule is CN[C@@]12CCCC(=O)N1C[C@H]1CCC[N@@+]3(O)CCC[C@@H]2[C@@H]13. The first-order chi connectivity index (χ1) is 10.1. The number of hydroxylamine groups is 3. The summed E-state index contributed by atoms with van der Waals surface area (Å²) in [4.78, 5) is 14.7. The number of piperidine rings is 4. The number of amides is 1. The summed E-state index contributed by atoms with van der Waals surface area (Å²) in [5, 5.41) is 14.7. The number of hydrogen-bond donors (Lipinski definition) is 2. The third-order valence-corrected chi connectivity index (χ3v) is 6.83. The van der Waals surface area contributed by atoms with E-state index in [0.29, 0.717) is 30.2 Å². The number of nitrogens with one attached hydrogen (secondary N) is 1. The summed E-state index contributed by atoms with van der Waals surface area (Å²) in [5.74, 6) is 1.21. The summed E-state index contributed by atoms with van der Waals surface area (Å²) in [7, 11) is 2.01. The van der Waals surface area contributed by atoms with Gasteiger partial charge in [0.2, 0.25) is 5.91 Å². The van der Waals surface area contributed by atoms with E-state index in [1.807, 2.05) is 7.05 Å². The smallest absolute Gasteiger partial charge is 0.224 e. The van der Waals surface area contributed by atoms with E-state index < -0.39 is 0 Å². The zero-order valence-corrected chi connectivity index (χ0v) is 13.1. The summed E-state index contributed by atoms with van der Waals surface area (Å²) < 4.78 is 0.279. The van der Waals surface area contributed by atoms with Gasteiger partial charge in [-0.15, -0.1) is 0 Å². The van der Waals surface area contributed by atoms with Crippen molar-refractivity contribution < 1.29 is 14.6 Å². The number of fused-ring (bicyclic) bond motifs is 2. The molecule has 0 aromatic rings. The maximum absolute atomic E-state index is 12.5. The fraction of sp³-hybridized carbons (Fsp3) is 0.938. The summed E-state index contributed by atoms with van der Waals surface area (Å²) in [6, 6.07) is 0.335. The average molecular weight is 294 g/mol. The van der Waals surface area contributed by atoms with Gasteiger partial charge in [-0.3, -0.25) is 10.1 Å². The summed E-state index contributed by atoms with van der Waals surface area (Å²) >= 11 is 0. The molecule has 4 aliphatic heterocycles. The fourth-order valence-electron chi connectivity index (χ4n) is 6.07. The Morgan fingerprint density at radius 3 is 2.81 bits per heavy atom. The molecule has 4 heterocycles. The molecule has 5 heteroatoms. The van der Waals surface area contributed by atoms with Crippen molar-refractivity contribution in [2.75, 3.05) is 26.7 Å². The van der Waals surface area contributed by atoms with Gasteiger partial charge in [0.15, 0.2) is 0 Å². The van der Waals surface area contributed by atoms with Gasteiger partial charge in [-0.1, -0.05) is 0 Å². The molecule has 0 unspecified atom stereocenters. The molecule has 5 nitrogen and oxygen atoms in total. The Balaban J connectivity index is 1.78. The zero-order valence-electron chi connectivity index (χ0n) is 13.1. The molecule has 5 atom stereocenters. The van der Waals surface area contributed by atoms with E-state index in [4.69, 9.17) is 0 Å². The molecule has 4 fully saturated rings. The Bertz CT molecular complexity index is 453. The van der Waals surface area contributed by atoms with Crippen LogP contribution in [0.1, 0.15) is 44.9 Å². The highest BCUT2D eigenvalue weighted by Gasteiger charge is 2.64. The van der Waals surface area contributed by atoms with Crippen LogP contribution in [0.5, 0.6) is 0 Å². The van der Waals surface area contributed by atoms with E-state index in [2.05, 4.69) is 10.2 Å². The van der Waals surface area contributed by atoms with Crippen molar-refractivity contribution in [3.8, 4) is 0 Å². The van der Waals surface area contributed by atoms with E-state index in [-0.39, 0.29) is 10.3 Å². The van der Waals surface area contributed by atoms with Crippen LogP contribution in [-0.4, -0.2) is 59.0 Å². The van der Waals surface area contributed by atoms with E-state index in [9.17, 15) is 10.0 Å². The van der Waals surface area contributed by atoms with Crippen LogP contribution >= 0.6 is 0 Å². The molecule has 4 saturated heterocycles. The van der Waals surface area contributed by atoms with Crippen LogP contribution in [0.2, 0.25) is 0 Å². The molecule has 4 aliphatic rings. The summed E-state index contributed by atoms with van der Waals surface area (Å²) in [6.07, 6.45) is 7.22. The van der Waals surface area contributed by atoms with Crippen LogP contribution in [-0.2, 0) is 4.79 Å². The molecular weight excluding hydrogens is 266 g/mol. The quantitative estimate of drug-likeness (QED) is 0.717. The minimum Gasteiger partial charge on any atom is -0.323 e. The third-order valence-electron chi connectivity index (χ3n) is 6.83. The summed E-state index contributed by atoms with van der Waals surface area (Å²) in [6.45, 7) is 2.66. The number of nitrogens with zero attached hydrogens (tertiary/aromatic N) is 2. The van der Waals surface area contributed by atoms with Gasteiger partial charge in [-0.2, -0.15) is 4.65 Å². The van der Waals surface area contributed by atoms with Crippen molar-refractivity contribution >= 4 is 5.91 Å². The third kappa shape index (κ3) is 1.77. The number of rotatable bonds is 1. The Kier molecular flexibility index (Phi) is 3.11. The standard InChI is InChI=1S/C16H28N3O2/c1-17-16-8-2-7-14(20)18(16)11-12-5-3-9-19(21)10-4-6-13(16)15(12)19/h12-13,15,17,21H,2-11H2,1H3/q+1/t12-,13-,15-,16+,19-/m1/s1. The molecule has 1 amide bonds. The molecule has 2 N–H and O–H groups in total. The van der Waals surface area contributed by atoms with Crippen molar-refractivity contribution in [2.45, 2.75) is 56.7 Å². The topological polar surface area (TPSA) is 52.6 Å². The lowest BCUT2D eigenvalue weighted by atomic mass is 9.64. The maximum Gasteiger partial charge on any atom is 0.224 e. The molecule has 0 saturated carbocycles. The second-order valence-corrected chi connectivity index (χ2v) is 7.61. The Hall–Kier alpha value is -0.650. The molecule has 0 aliphatic carbocycles. The molecule has 4 rings (SSSR count). The van der Waals surface area contributed by atoms with Crippen molar-refractivity contribution in [2.24, 2.45) is 11.8 Å². The van der Waals surface area contributed by atoms with Crippen molar-refractivity contribution in [3.63, 3.8) is 0 Å². The molecule has 0 bridgehead atoms. The Morgan fingerprint density at radius 2 is 2.05 bits per heavy atom. The minimum absolute atomic E-state index is 0.194. The first kappa shape index (κ1) is 14.0. The Labute approximate surface area is 126 Å². The van der Waals surface area contributed by atoms with Crippen LogP contribution in [0.25, 0.3) is 0 Å². The predicted octanol–water partition coefficient (Wildman–Crippen LogP) is 1.32. The predicted molar refractivity (Wildman–Crippen MR) is 78.4 cm³/mol. The van der Waals surface area contributed by atoms with Crippen LogP contribution in [0.15, 0.2) is 0 Å². The lowest BCUT2D eigenvalue weighted by Gasteiger charge is -2.63. The number of carbonyl (C=O) groups excluding carboxylic acids is 1. The molecule has 0 spiro atoms. The van der Waals surface area contributed by atoms with Crippen molar-refractivity contribution in [3.05, 3.63) is 0 Å². The summed E-state index contributed by atoms with van der Waals surface area (Å²) in [5.41, 5.74) is -0.194. The van der Waals surface area contributed by atoms with Gasteiger partial charge in [0.25, 0.3) is 0 Å². The van der Waals surface area contributed by atoms with E-state index in [1.54, 1.807) is 0 Å². The number of carbonyl (C=O) groups is 1. The van der Waals surface area contributed by atoms with Gasteiger partial charge in [0.05, 0.1) is 5.92 Å². The Morgan fingerprint density at radius 1 is 1.29 bits per heavy atom. The second-order valence-electron chi connectivity index (χ2n) is 7.61. The van der Waals surface area contributed by atoms with Gasteiger partial charge in [0, 0.05) is 31.7 Å². The monoisotopic (exact) mass is 294 g/mol. The van der Waals surface area contributed by atoms with Gasteiger partial charge >= 0.3 is 0 Å². The lowest BCUT2D eigenvalue weighted by Crippen LogP contribution is -2.79. The van der Waals surface area contributed by atoms with Crippen molar-refractivity contribution in [1.29, 1.82) is 0 Å². The molecule has 0 radical (unpaired) electrons. The molecule has 0 aromatic carbocycles. The van der Waals surface area contributed by atoms with E-state index >= 15 is 0 Å². The highest BCUT2D eigenvalue weighted by Crippen LogP contribution is 2.51.